The van der Waals surface area contributed by atoms with E-state index in [0.717, 1.165) is 12.8 Å². The number of rotatable bonds is 11. The molecule has 2 N–H and O–H groups in total. The zero-order valence-corrected chi connectivity index (χ0v) is 10.7. The van der Waals surface area contributed by atoms with E-state index in [-0.39, 0.29) is 6.61 Å². The predicted molar refractivity (Wildman–Crippen MR) is 69.5 cm³/mol. The topological polar surface area (TPSA) is 40.5 Å². The SMILES string of the molecule is C=CC[C@](O)(CO)CCCCCCCCC. The molecule has 1 atom stereocenters. The highest BCUT2D eigenvalue weighted by Gasteiger charge is 2.23. The molecule has 0 heterocycles. The van der Waals surface area contributed by atoms with Crippen LogP contribution in [0.2, 0.25) is 0 Å². The van der Waals surface area contributed by atoms with Crippen LogP contribution in [0.1, 0.15) is 64.7 Å². The molecule has 0 unspecified atom stereocenters. The third-order valence-corrected chi connectivity index (χ3v) is 3.06. The average molecular weight is 228 g/mol. The van der Waals surface area contributed by atoms with Crippen LogP contribution in [0.15, 0.2) is 12.7 Å². The van der Waals surface area contributed by atoms with Crippen LogP contribution in [0, 0.1) is 0 Å². The number of hydrogen-bond donors (Lipinski definition) is 2. The molecule has 0 aromatic carbocycles. The summed E-state index contributed by atoms with van der Waals surface area (Å²) in [5.41, 5.74) is -0.925. The number of hydrogen-bond acceptors (Lipinski definition) is 2. The lowest BCUT2D eigenvalue weighted by Gasteiger charge is -2.24. The van der Waals surface area contributed by atoms with Crippen molar-refractivity contribution in [2.24, 2.45) is 0 Å². The minimum Gasteiger partial charge on any atom is -0.393 e. The van der Waals surface area contributed by atoms with Gasteiger partial charge < -0.3 is 10.2 Å². The van der Waals surface area contributed by atoms with Crippen LogP contribution in [-0.4, -0.2) is 22.4 Å². The van der Waals surface area contributed by atoms with E-state index in [1.54, 1.807) is 6.08 Å². The Labute approximate surface area is 100 Å². The van der Waals surface area contributed by atoms with E-state index in [1.807, 2.05) is 0 Å². The zero-order chi connectivity index (χ0) is 12.3. The molecule has 2 nitrogen and oxygen atoms in total. The summed E-state index contributed by atoms with van der Waals surface area (Å²) in [6, 6.07) is 0. The van der Waals surface area contributed by atoms with Gasteiger partial charge in [0, 0.05) is 0 Å². The molecule has 0 aromatic heterocycles. The summed E-state index contributed by atoms with van der Waals surface area (Å²) in [5.74, 6) is 0. The normalized spacial score (nSPS) is 14.7. The molecule has 0 radical (unpaired) electrons. The number of unbranched alkanes of at least 4 members (excludes halogenated alkanes) is 6. The van der Waals surface area contributed by atoms with Crippen LogP contribution < -0.4 is 0 Å². The van der Waals surface area contributed by atoms with Crippen molar-refractivity contribution in [1.82, 2.24) is 0 Å². The van der Waals surface area contributed by atoms with E-state index in [1.165, 1.54) is 32.1 Å². The van der Waals surface area contributed by atoms with Crippen LogP contribution in [0.5, 0.6) is 0 Å². The highest BCUT2D eigenvalue weighted by molar-refractivity contribution is 4.85. The molecule has 0 aliphatic rings. The molecule has 0 saturated carbocycles. The molecule has 96 valence electrons. The second-order valence-electron chi connectivity index (χ2n) is 4.75. The van der Waals surface area contributed by atoms with Crippen molar-refractivity contribution in [1.29, 1.82) is 0 Å². The van der Waals surface area contributed by atoms with Crippen molar-refractivity contribution in [3.63, 3.8) is 0 Å². The van der Waals surface area contributed by atoms with Gasteiger partial charge >= 0.3 is 0 Å². The van der Waals surface area contributed by atoms with Crippen LogP contribution >= 0.6 is 0 Å². The molecular formula is C14H28O2. The molecule has 0 spiro atoms. The number of aliphatic hydroxyl groups excluding tert-OH is 1. The van der Waals surface area contributed by atoms with Gasteiger partial charge in [-0.1, -0.05) is 57.9 Å². The Kier molecular flexibility index (Phi) is 9.65. The van der Waals surface area contributed by atoms with Gasteiger partial charge in [-0.15, -0.1) is 6.58 Å². The summed E-state index contributed by atoms with van der Waals surface area (Å²) in [5, 5.41) is 19.0. The summed E-state index contributed by atoms with van der Waals surface area (Å²) in [6.07, 6.45) is 11.5. The van der Waals surface area contributed by atoms with Gasteiger partial charge in [0.1, 0.15) is 0 Å². The van der Waals surface area contributed by atoms with Crippen LogP contribution in [0.25, 0.3) is 0 Å². The summed E-state index contributed by atoms with van der Waals surface area (Å²) >= 11 is 0. The fourth-order valence-corrected chi connectivity index (χ4v) is 1.93. The van der Waals surface area contributed by atoms with Crippen molar-refractivity contribution >= 4 is 0 Å². The number of aliphatic hydroxyl groups is 2. The first-order valence-electron chi connectivity index (χ1n) is 6.62. The molecular weight excluding hydrogens is 200 g/mol. The minimum absolute atomic E-state index is 0.158. The van der Waals surface area contributed by atoms with E-state index < -0.39 is 5.60 Å². The lowest BCUT2D eigenvalue weighted by atomic mass is 9.93. The average Bonchev–Trinajstić information content (AvgIpc) is 2.28. The lowest BCUT2D eigenvalue weighted by Crippen LogP contribution is -2.32. The summed E-state index contributed by atoms with van der Waals surface area (Å²) in [4.78, 5) is 0. The zero-order valence-electron chi connectivity index (χ0n) is 10.7. The van der Waals surface area contributed by atoms with Crippen molar-refractivity contribution in [2.75, 3.05) is 6.61 Å². The van der Waals surface area contributed by atoms with Crippen molar-refractivity contribution in [3.05, 3.63) is 12.7 Å². The van der Waals surface area contributed by atoms with Gasteiger partial charge in [-0.25, -0.2) is 0 Å². The Morgan fingerprint density at radius 3 is 2.12 bits per heavy atom. The van der Waals surface area contributed by atoms with E-state index in [2.05, 4.69) is 13.5 Å². The fourth-order valence-electron chi connectivity index (χ4n) is 1.93. The highest BCUT2D eigenvalue weighted by Crippen LogP contribution is 2.19. The van der Waals surface area contributed by atoms with Crippen molar-refractivity contribution in [2.45, 2.75) is 70.3 Å². The summed E-state index contributed by atoms with van der Waals surface area (Å²) in [6.45, 7) is 5.66. The molecule has 0 rings (SSSR count). The highest BCUT2D eigenvalue weighted by atomic mass is 16.3. The smallest absolute Gasteiger partial charge is 0.0911 e. The van der Waals surface area contributed by atoms with Crippen LogP contribution in [0.3, 0.4) is 0 Å². The second kappa shape index (κ2) is 9.86. The summed E-state index contributed by atoms with van der Waals surface area (Å²) in [7, 11) is 0. The Bertz CT molecular complexity index is 168. The van der Waals surface area contributed by atoms with E-state index in [0.29, 0.717) is 12.8 Å². The van der Waals surface area contributed by atoms with Gasteiger partial charge in [0.25, 0.3) is 0 Å². The molecule has 0 fully saturated rings. The van der Waals surface area contributed by atoms with E-state index in [4.69, 9.17) is 5.11 Å². The van der Waals surface area contributed by atoms with Gasteiger partial charge in [-0.05, 0) is 12.8 Å². The fraction of sp³-hybridized carbons (Fsp3) is 0.857. The Morgan fingerprint density at radius 2 is 1.62 bits per heavy atom. The Balaban J connectivity index is 3.44. The third-order valence-electron chi connectivity index (χ3n) is 3.06. The monoisotopic (exact) mass is 228 g/mol. The van der Waals surface area contributed by atoms with Crippen LogP contribution in [-0.2, 0) is 0 Å². The van der Waals surface area contributed by atoms with Gasteiger partial charge in [0.15, 0.2) is 0 Å². The molecule has 2 heteroatoms. The molecule has 0 aromatic rings. The van der Waals surface area contributed by atoms with Gasteiger partial charge in [-0.2, -0.15) is 0 Å². The third kappa shape index (κ3) is 7.89. The molecule has 0 aliphatic heterocycles. The lowest BCUT2D eigenvalue weighted by molar-refractivity contribution is -0.0204. The first kappa shape index (κ1) is 15.7. The van der Waals surface area contributed by atoms with Gasteiger partial charge in [0.2, 0.25) is 0 Å². The van der Waals surface area contributed by atoms with Crippen molar-refractivity contribution < 1.29 is 10.2 Å². The van der Waals surface area contributed by atoms with E-state index in [9.17, 15) is 5.11 Å². The molecule has 16 heavy (non-hydrogen) atoms. The van der Waals surface area contributed by atoms with Crippen LogP contribution in [0.4, 0.5) is 0 Å². The standard InChI is InChI=1S/C14H28O2/c1-3-5-6-7-8-9-10-12-14(16,13-15)11-4-2/h4,15-16H,2-3,5-13H2,1H3/t14-/m1/s1. The predicted octanol–water partition coefficient (Wildman–Crippen LogP) is 3.43. The molecule has 0 amide bonds. The second-order valence-corrected chi connectivity index (χ2v) is 4.75. The molecule has 0 aliphatic carbocycles. The van der Waals surface area contributed by atoms with Gasteiger partial charge in [0.05, 0.1) is 12.2 Å². The van der Waals surface area contributed by atoms with E-state index >= 15 is 0 Å². The molecule has 0 bridgehead atoms. The first-order valence-corrected chi connectivity index (χ1v) is 6.62. The Morgan fingerprint density at radius 1 is 1.06 bits per heavy atom. The van der Waals surface area contributed by atoms with Crippen molar-refractivity contribution in [3.8, 4) is 0 Å². The Hall–Kier alpha value is -0.340. The quantitative estimate of drug-likeness (QED) is 0.420. The van der Waals surface area contributed by atoms with Gasteiger partial charge in [-0.3, -0.25) is 0 Å². The first-order chi connectivity index (χ1) is 7.68. The minimum atomic E-state index is -0.925. The summed E-state index contributed by atoms with van der Waals surface area (Å²) < 4.78 is 0. The molecule has 0 saturated heterocycles. The maximum atomic E-state index is 9.94. The maximum Gasteiger partial charge on any atom is 0.0911 e. The maximum absolute atomic E-state index is 9.94. The largest absolute Gasteiger partial charge is 0.393 e.